The Labute approximate surface area is 191 Å². The Morgan fingerprint density at radius 3 is 2.48 bits per heavy atom. The number of aromatic nitrogens is 2. The highest BCUT2D eigenvalue weighted by Gasteiger charge is 2.24. The quantitative estimate of drug-likeness (QED) is 0.663. The summed E-state index contributed by atoms with van der Waals surface area (Å²) in [6, 6.07) is 12.9. The van der Waals surface area contributed by atoms with E-state index in [-0.39, 0.29) is 0 Å². The molecule has 31 heavy (non-hydrogen) atoms. The predicted octanol–water partition coefficient (Wildman–Crippen LogP) is 4.58. The highest BCUT2D eigenvalue weighted by molar-refractivity contribution is 7.80. The van der Waals surface area contributed by atoms with E-state index in [1.165, 1.54) is 37.7 Å². The smallest absolute Gasteiger partial charge is 0.232 e. The van der Waals surface area contributed by atoms with E-state index in [9.17, 15) is 0 Å². The van der Waals surface area contributed by atoms with Crippen LogP contribution in [0.15, 0.2) is 36.4 Å². The van der Waals surface area contributed by atoms with Crippen LogP contribution in [-0.2, 0) is 6.54 Å². The topological polar surface area (TPSA) is 56.3 Å². The van der Waals surface area contributed by atoms with Crippen LogP contribution in [0.2, 0.25) is 0 Å². The molecule has 6 nitrogen and oxygen atoms in total. The minimum Gasteiger partial charge on any atom is -0.358 e. The highest BCUT2D eigenvalue weighted by Crippen LogP contribution is 2.29. The van der Waals surface area contributed by atoms with Crippen LogP contribution in [0.5, 0.6) is 0 Å². The first-order chi connectivity index (χ1) is 15.1. The van der Waals surface area contributed by atoms with Crippen molar-refractivity contribution in [3.05, 3.63) is 42.0 Å². The van der Waals surface area contributed by atoms with Gasteiger partial charge in [0.15, 0.2) is 5.11 Å². The largest absolute Gasteiger partial charge is 0.358 e. The molecule has 3 heterocycles. The van der Waals surface area contributed by atoms with Gasteiger partial charge in [0.05, 0.1) is 0 Å². The van der Waals surface area contributed by atoms with Crippen LogP contribution in [0.3, 0.4) is 0 Å². The number of nitrogens with one attached hydrogen (secondary N) is 2. The summed E-state index contributed by atoms with van der Waals surface area (Å²) in [7, 11) is 0. The number of piperidine rings is 2. The summed E-state index contributed by atoms with van der Waals surface area (Å²) in [5.74, 6) is 3.37. The Balaban J connectivity index is 1.51. The van der Waals surface area contributed by atoms with Crippen LogP contribution in [-0.4, -0.2) is 40.8 Å². The number of benzene rings is 1. The average Bonchev–Trinajstić information content (AvgIpc) is 2.79. The third-order valence-electron chi connectivity index (χ3n) is 6.43. The molecule has 0 aliphatic carbocycles. The second kappa shape index (κ2) is 10.3. The third kappa shape index (κ3) is 5.85. The molecule has 1 unspecified atom stereocenters. The van der Waals surface area contributed by atoms with E-state index in [1.54, 1.807) is 0 Å². The fourth-order valence-corrected chi connectivity index (χ4v) is 4.55. The molecular weight excluding hydrogens is 404 g/mol. The van der Waals surface area contributed by atoms with Gasteiger partial charge in [-0.15, -0.1) is 0 Å². The molecule has 1 aromatic heterocycles. The first kappa shape index (κ1) is 21.8. The average molecular weight is 439 g/mol. The molecule has 2 saturated heterocycles. The maximum Gasteiger partial charge on any atom is 0.232 e. The lowest BCUT2D eigenvalue weighted by Crippen LogP contribution is -2.39. The van der Waals surface area contributed by atoms with Crippen molar-refractivity contribution in [1.29, 1.82) is 0 Å². The van der Waals surface area contributed by atoms with Crippen molar-refractivity contribution < 1.29 is 0 Å². The Kier molecular flexibility index (Phi) is 7.22. The molecule has 2 aromatic rings. The molecule has 2 aliphatic heterocycles. The highest BCUT2D eigenvalue weighted by atomic mass is 32.1. The fraction of sp³-hybridized carbons (Fsp3) is 0.542. The summed E-state index contributed by atoms with van der Waals surface area (Å²) in [5.41, 5.74) is 1.19. The summed E-state index contributed by atoms with van der Waals surface area (Å²) in [5, 5.41) is 7.06. The van der Waals surface area contributed by atoms with E-state index < -0.39 is 0 Å². The van der Waals surface area contributed by atoms with Crippen molar-refractivity contribution in [1.82, 2.24) is 15.3 Å². The number of thiocarbonyl (C=S) groups is 1. The zero-order valence-corrected chi connectivity index (χ0v) is 19.5. The van der Waals surface area contributed by atoms with Crippen molar-refractivity contribution in [3.8, 4) is 0 Å². The number of anilines is 3. The monoisotopic (exact) mass is 438 g/mol. The van der Waals surface area contributed by atoms with Crippen molar-refractivity contribution in [2.75, 3.05) is 34.8 Å². The fourth-order valence-electron chi connectivity index (χ4n) is 4.39. The van der Waals surface area contributed by atoms with E-state index in [0.29, 0.717) is 23.6 Å². The van der Waals surface area contributed by atoms with Gasteiger partial charge in [-0.2, -0.15) is 9.97 Å². The second-order valence-corrected chi connectivity index (χ2v) is 9.32. The molecule has 7 heteroatoms. The Hall–Kier alpha value is -2.41. The molecule has 4 rings (SSSR count). The van der Waals surface area contributed by atoms with Crippen molar-refractivity contribution in [2.24, 2.45) is 5.92 Å². The molecule has 0 bridgehead atoms. The number of nitrogens with zero attached hydrogens (tertiary/aromatic N) is 4. The minimum absolute atomic E-state index is 0.494. The van der Waals surface area contributed by atoms with E-state index in [4.69, 9.17) is 22.2 Å². The minimum atomic E-state index is 0.494. The molecule has 1 aromatic carbocycles. The summed E-state index contributed by atoms with van der Waals surface area (Å²) >= 11 is 5.54. The van der Waals surface area contributed by atoms with Gasteiger partial charge in [-0.3, -0.25) is 0 Å². The van der Waals surface area contributed by atoms with Gasteiger partial charge in [0, 0.05) is 38.3 Å². The lowest BCUT2D eigenvalue weighted by atomic mass is 9.99. The standard InChI is InChI=1S/C24H34N6S/c1-18-11-14-29(15-12-18)21-16-22(30-13-7-6-8-19(30)2)27-23(26-21)28-24(31)25-17-20-9-4-3-5-10-20/h3-5,9-10,16,18-19H,6-8,11-15,17H2,1-2H3,(H2,25,26,27,28,31). The number of hydrogen-bond donors (Lipinski definition) is 2. The van der Waals surface area contributed by atoms with Gasteiger partial charge in [-0.05, 0) is 62.7 Å². The van der Waals surface area contributed by atoms with Crippen molar-refractivity contribution in [2.45, 2.75) is 58.5 Å². The van der Waals surface area contributed by atoms with Gasteiger partial charge in [0.2, 0.25) is 5.95 Å². The predicted molar refractivity (Wildman–Crippen MR) is 133 cm³/mol. The Morgan fingerprint density at radius 1 is 1.00 bits per heavy atom. The van der Waals surface area contributed by atoms with Crippen molar-refractivity contribution >= 4 is 34.9 Å². The van der Waals surface area contributed by atoms with Crippen LogP contribution in [0.4, 0.5) is 17.6 Å². The lowest BCUT2D eigenvalue weighted by Gasteiger charge is -2.36. The van der Waals surface area contributed by atoms with Gasteiger partial charge in [-0.25, -0.2) is 0 Å². The first-order valence-corrected chi connectivity index (χ1v) is 12.0. The number of hydrogen-bond acceptors (Lipinski definition) is 5. The van der Waals surface area contributed by atoms with Crippen LogP contribution >= 0.6 is 12.2 Å². The Morgan fingerprint density at radius 2 is 1.74 bits per heavy atom. The number of rotatable bonds is 5. The summed E-state index contributed by atoms with van der Waals surface area (Å²) in [4.78, 5) is 14.5. The maximum absolute atomic E-state index is 5.54. The van der Waals surface area contributed by atoms with Crippen LogP contribution in [0.25, 0.3) is 0 Å². The van der Waals surface area contributed by atoms with Crippen LogP contribution in [0, 0.1) is 5.92 Å². The first-order valence-electron chi connectivity index (χ1n) is 11.6. The van der Waals surface area contributed by atoms with Crippen molar-refractivity contribution in [3.63, 3.8) is 0 Å². The molecule has 2 N–H and O–H groups in total. The zero-order valence-electron chi connectivity index (χ0n) is 18.7. The van der Waals surface area contributed by atoms with E-state index >= 15 is 0 Å². The van der Waals surface area contributed by atoms with E-state index in [0.717, 1.165) is 37.2 Å². The van der Waals surface area contributed by atoms with E-state index in [2.05, 4.69) is 52.5 Å². The molecular formula is C24H34N6S. The zero-order chi connectivity index (χ0) is 21.6. The van der Waals surface area contributed by atoms with Crippen LogP contribution in [0.1, 0.15) is 51.5 Å². The normalized spacial score (nSPS) is 19.9. The molecule has 0 spiro atoms. The summed E-state index contributed by atoms with van der Waals surface area (Å²) in [6.07, 6.45) is 6.13. The van der Waals surface area contributed by atoms with Gasteiger partial charge in [0.25, 0.3) is 0 Å². The molecule has 166 valence electrons. The van der Waals surface area contributed by atoms with Gasteiger partial charge < -0.3 is 20.4 Å². The van der Waals surface area contributed by atoms with Crippen LogP contribution < -0.4 is 20.4 Å². The third-order valence-corrected chi connectivity index (χ3v) is 6.67. The lowest BCUT2D eigenvalue weighted by molar-refractivity contribution is 0.436. The van der Waals surface area contributed by atoms with E-state index in [1.807, 2.05) is 18.2 Å². The molecule has 0 radical (unpaired) electrons. The van der Waals surface area contributed by atoms with Gasteiger partial charge in [0.1, 0.15) is 11.6 Å². The van der Waals surface area contributed by atoms with Gasteiger partial charge >= 0.3 is 0 Å². The molecule has 0 amide bonds. The Bertz CT molecular complexity index is 866. The summed E-state index contributed by atoms with van der Waals surface area (Å²) < 4.78 is 0. The second-order valence-electron chi connectivity index (χ2n) is 8.91. The molecule has 1 atom stereocenters. The molecule has 0 saturated carbocycles. The van der Waals surface area contributed by atoms with Gasteiger partial charge in [-0.1, -0.05) is 37.3 Å². The molecule has 2 aliphatic rings. The SMILES string of the molecule is CC1CCN(c2cc(N3CCCCC3C)nc(NC(=S)NCc3ccccc3)n2)CC1. The summed E-state index contributed by atoms with van der Waals surface area (Å²) in [6.45, 7) is 8.44. The molecule has 2 fully saturated rings. The maximum atomic E-state index is 5.54.